The molecule has 0 aliphatic rings. The van der Waals surface area contributed by atoms with Gasteiger partial charge in [-0.1, -0.05) is 11.6 Å². The van der Waals surface area contributed by atoms with Gasteiger partial charge in [-0.3, -0.25) is 4.79 Å². The summed E-state index contributed by atoms with van der Waals surface area (Å²) in [5.41, 5.74) is -1.55. The summed E-state index contributed by atoms with van der Waals surface area (Å²) in [6, 6.07) is 1.49. The van der Waals surface area contributed by atoms with Gasteiger partial charge in [0.15, 0.2) is 0 Å². The third-order valence-corrected chi connectivity index (χ3v) is 1.82. The predicted molar refractivity (Wildman–Crippen MR) is 43.5 cm³/mol. The molecule has 0 amide bonds. The number of aldehydes is 1. The number of phenolic OH excluding ortho intramolecular Hbond substituents is 1. The fraction of sp³-hybridized carbons (Fsp3) is 0.125. The molecule has 0 aliphatic carbocycles. The summed E-state index contributed by atoms with van der Waals surface area (Å²) >= 11 is 5.29. The average molecular weight is 225 g/mol. The van der Waals surface area contributed by atoms with Crippen LogP contribution >= 0.6 is 11.6 Å². The van der Waals surface area contributed by atoms with Crippen LogP contribution in [0.2, 0.25) is 5.02 Å². The molecule has 0 radical (unpaired) electrons. The van der Waals surface area contributed by atoms with Crippen LogP contribution in [0.4, 0.5) is 13.2 Å². The van der Waals surface area contributed by atoms with Crippen molar-refractivity contribution in [2.24, 2.45) is 0 Å². The molecule has 1 aromatic carbocycles. The Kier molecular flexibility index (Phi) is 2.71. The van der Waals surface area contributed by atoms with Crippen LogP contribution in [0.25, 0.3) is 0 Å². The standard InChI is InChI=1S/C8H4ClF3O2/c9-6-2-4(3-13)1-5(7(6)14)8(10,11)12/h1-3,14H. The van der Waals surface area contributed by atoms with Gasteiger partial charge in [0.25, 0.3) is 0 Å². The third-order valence-electron chi connectivity index (χ3n) is 1.53. The average Bonchev–Trinajstić information content (AvgIpc) is 2.07. The summed E-state index contributed by atoms with van der Waals surface area (Å²) in [4.78, 5) is 10.2. The molecule has 0 saturated carbocycles. The van der Waals surface area contributed by atoms with E-state index >= 15 is 0 Å². The van der Waals surface area contributed by atoms with Crippen molar-refractivity contribution in [3.05, 3.63) is 28.3 Å². The topological polar surface area (TPSA) is 37.3 Å². The van der Waals surface area contributed by atoms with Gasteiger partial charge < -0.3 is 5.11 Å². The maximum absolute atomic E-state index is 12.2. The first-order valence-corrected chi connectivity index (χ1v) is 3.79. The highest BCUT2D eigenvalue weighted by Crippen LogP contribution is 2.39. The summed E-state index contributed by atoms with van der Waals surface area (Å²) in [5, 5.41) is 8.49. The highest BCUT2D eigenvalue weighted by Gasteiger charge is 2.35. The zero-order chi connectivity index (χ0) is 10.9. The van der Waals surface area contributed by atoms with Gasteiger partial charge >= 0.3 is 6.18 Å². The summed E-state index contributed by atoms with van der Waals surface area (Å²) in [7, 11) is 0. The summed E-state index contributed by atoms with van der Waals surface area (Å²) < 4.78 is 36.6. The predicted octanol–water partition coefficient (Wildman–Crippen LogP) is 2.88. The first kappa shape index (κ1) is 10.8. The van der Waals surface area contributed by atoms with Crippen LogP contribution in [0.5, 0.6) is 5.75 Å². The molecule has 76 valence electrons. The molecule has 0 unspecified atom stereocenters. The van der Waals surface area contributed by atoms with Gasteiger partial charge in [0, 0.05) is 5.56 Å². The van der Waals surface area contributed by atoms with E-state index < -0.39 is 22.5 Å². The van der Waals surface area contributed by atoms with Gasteiger partial charge in [0.2, 0.25) is 0 Å². The van der Waals surface area contributed by atoms with E-state index in [9.17, 15) is 18.0 Å². The smallest absolute Gasteiger partial charge is 0.420 e. The van der Waals surface area contributed by atoms with E-state index in [1.165, 1.54) is 0 Å². The molecule has 6 heteroatoms. The summed E-state index contributed by atoms with van der Waals surface area (Å²) in [5.74, 6) is -1.07. The quantitative estimate of drug-likeness (QED) is 0.745. The van der Waals surface area contributed by atoms with Crippen LogP contribution < -0.4 is 0 Å². The Hall–Kier alpha value is -1.23. The molecule has 1 N–H and O–H groups in total. The lowest BCUT2D eigenvalue weighted by atomic mass is 10.1. The Balaban J connectivity index is 3.42. The number of benzene rings is 1. The maximum Gasteiger partial charge on any atom is 0.420 e. The molecule has 2 nitrogen and oxygen atoms in total. The SMILES string of the molecule is O=Cc1cc(Cl)c(O)c(C(F)(F)F)c1. The summed E-state index contributed by atoms with van der Waals surface area (Å²) in [6.07, 6.45) is -4.51. The van der Waals surface area contributed by atoms with Crippen molar-refractivity contribution in [3.8, 4) is 5.75 Å². The zero-order valence-electron chi connectivity index (χ0n) is 6.60. The molecule has 0 fully saturated rings. The van der Waals surface area contributed by atoms with Crippen LogP contribution in [0, 0.1) is 0 Å². The highest BCUT2D eigenvalue weighted by atomic mass is 35.5. The molecule has 1 rings (SSSR count). The van der Waals surface area contributed by atoms with Crippen LogP contribution in [0.1, 0.15) is 15.9 Å². The molecule has 0 bridgehead atoms. The Morgan fingerprint density at radius 2 is 1.93 bits per heavy atom. The van der Waals surface area contributed by atoms with E-state index in [0.29, 0.717) is 6.07 Å². The summed E-state index contributed by atoms with van der Waals surface area (Å²) in [6.45, 7) is 0. The fourth-order valence-corrected chi connectivity index (χ4v) is 1.13. The minimum atomic E-state index is -4.73. The number of aromatic hydroxyl groups is 1. The molecule has 0 atom stereocenters. The molecule has 0 saturated heterocycles. The second kappa shape index (κ2) is 3.49. The number of carbonyl (C=O) groups is 1. The molecule has 0 spiro atoms. The molecular formula is C8H4ClF3O2. The van der Waals surface area contributed by atoms with Crippen molar-refractivity contribution in [1.82, 2.24) is 0 Å². The van der Waals surface area contributed by atoms with E-state index in [2.05, 4.69) is 0 Å². The van der Waals surface area contributed by atoms with E-state index in [4.69, 9.17) is 16.7 Å². The van der Waals surface area contributed by atoms with Crippen LogP contribution in [-0.2, 0) is 6.18 Å². The second-order valence-electron chi connectivity index (χ2n) is 2.51. The first-order chi connectivity index (χ1) is 6.36. The van der Waals surface area contributed by atoms with Crippen LogP contribution in [0.15, 0.2) is 12.1 Å². The monoisotopic (exact) mass is 224 g/mol. The van der Waals surface area contributed by atoms with Gasteiger partial charge in [-0.15, -0.1) is 0 Å². The Morgan fingerprint density at radius 3 is 2.36 bits per heavy atom. The normalized spacial score (nSPS) is 11.4. The number of carbonyl (C=O) groups excluding carboxylic acids is 1. The number of halogens is 4. The fourth-order valence-electron chi connectivity index (χ4n) is 0.904. The minimum absolute atomic E-state index is 0.223. The number of hydrogen-bond acceptors (Lipinski definition) is 2. The molecular weight excluding hydrogens is 221 g/mol. The lowest BCUT2D eigenvalue weighted by Crippen LogP contribution is -2.06. The number of alkyl halides is 3. The van der Waals surface area contributed by atoms with Crippen LogP contribution in [0.3, 0.4) is 0 Å². The zero-order valence-corrected chi connectivity index (χ0v) is 7.36. The van der Waals surface area contributed by atoms with Crippen molar-refractivity contribution in [2.45, 2.75) is 6.18 Å². The minimum Gasteiger partial charge on any atom is -0.506 e. The molecule has 0 aliphatic heterocycles. The molecule has 14 heavy (non-hydrogen) atoms. The lowest BCUT2D eigenvalue weighted by molar-refractivity contribution is -0.138. The highest BCUT2D eigenvalue weighted by molar-refractivity contribution is 6.32. The number of phenols is 1. The largest absolute Gasteiger partial charge is 0.506 e. The maximum atomic E-state index is 12.2. The Labute approximate surface area is 81.9 Å². The second-order valence-corrected chi connectivity index (χ2v) is 2.92. The Morgan fingerprint density at radius 1 is 1.36 bits per heavy atom. The lowest BCUT2D eigenvalue weighted by Gasteiger charge is -2.10. The molecule has 0 aromatic heterocycles. The van der Waals surface area contributed by atoms with Crippen molar-refractivity contribution in [3.63, 3.8) is 0 Å². The van der Waals surface area contributed by atoms with Gasteiger partial charge in [0.05, 0.1) is 10.6 Å². The third kappa shape index (κ3) is 1.98. The van der Waals surface area contributed by atoms with E-state index in [0.717, 1.165) is 6.07 Å². The first-order valence-electron chi connectivity index (χ1n) is 3.41. The van der Waals surface area contributed by atoms with E-state index in [-0.39, 0.29) is 11.8 Å². The molecule has 1 aromatic rings. The van der Waals surface area contributed by atoms with Gasteiger partial charge in [-0.05, 0) is 12.1 Å². The van der Waals surface area contributed by atoms with E-state index in [1.807, 2.05) is 0 Å². The van der Waals surface area contributed by atoms with Crippen LogP contribution in [-0.4, -0.2) is 11.4 Å². The van der Waals surface area contributed by atoms with Gasteiger partial charge in [-0.25, -0.2) is 0 Å². The van der Waals surface area contributed by atoms with Gasteiger partial charge in [-0.2, -0.15) is 13.2 Å². The van der Waals surface area contributed by atoms with Crippen molar-refractivity contribution >= 4 is 17.9 Å². The Bertz CT molecular complexity index is 374. The van der Waals surface area contributed by atoms with E-state index in [1.54, 1.807) is 0 Å². The number of rotatable bonds is 1. The van der Waals surface area contributed by atoms with Crippen molar-refractivity contribution in [1.29, 1.82) is 0 Å². The van der Waals surface area contributed by atoms with Crippen molar-refractivity contribution in [2.75, 3.05) is 0 Å². The van der Waals surface area contributed by atoms with Crippen molar-refractivity contribution < 1.29 is 23.1 Å². The molecule has 0 heterocycles. The van der Waals surface area contributed by atoms with Gasteiger partial charge in [0.1, 0.15) is 12.0 Å². The number of hydrogen-bond donors (Lipinski definition) is 1.